The fraction of sp³-hybridized carbons (Fsp3) is 0.333. The van der Waals surface area contributed by atoms with E-state index in [-0.39, 0.29) is 0 Å². The van der Waals surface area contributed by atoms with E-state index in [1.165, 1.54) is 13.2 Å². The van der Waals surface area contributed by atoms with Crippen LogP contribution in [-0.4, -0.2) is 13.1 Å². The molecule has 7 heavy (non-hydrogen) atoms. The van der Waals surface area contributed by atoms with Gasteiger partial charge >= 0.3 is 6.03 Å². The summed E-state index contributed by atoms with van der Waals surface area (Å²) in [5, 5.41) is 11.8. The highest BCUT2D eigenvalue weighted by atomic mass is 16.2. The number of rotatable bonds is 0. The van der Waals surface area contributed by atoms with Gasteiger partial charge in [-0.25, -0.2) is 10.1 Å². The SMILES string of the molecule is CNC(=O)NC#N. The number of nitriles is 1. The Balaban J connectivity index is 3.23. The van der Waals surface area contributed by atoms with Gasteiger partial charge in [0.15, 0.2) is 6.19 Å². The van der Waals surface area contributed by atoms with Crippen molar-refractivity contribution in [3.05, 3.63) is 0 Å². The number of amides is 2. The summed E-state index contributed by atoms with van der Waals surface area (Å²) in [6.07, 6.45) is 1.46. The molecule has 0 atom stereocenters. The fourth-order valence-electron chi connectivity index (χ4n) is 0.113. The molecule has 0 saturated heterocycles. The second-order valence-corrected chi connectivity index (χ2v) is 0.816. The standard InChI is InChI=1S/C3H5N3O/c1-5-3(7)6-2-4/h1H3,(H2,5,6,7). The lowest BCUT2D eigenvalue weighted by atomic mass is 10.9. The molecule has 4 heteroatoms. The highest BCUT2D eigenvalue weighted by Crippen LogP contribution is 1.51. The van der Waals surface area contributed by atoms with E-state index in [0.29, 0.717) is 0 Å². The van der Waals surface area contributed by atoms with Crippen LogP contribution in [0.3, 0.4) is 0 Å². The van der Waals surface area contributed by atoms with E-state index in [1.54, 1.807) is 0 Å². The van der Waals surface area contributed by atoms with Gasteiger partial charge in [0.05, 0.1) is 0 Å². The van der Waals surface area contributed by atoms with Crippen molar-refractivity contribution in [1.82, 2.24) is 10.6 Å². The van der Waals surface area contributed by atoms with Crippen molar-refractivity contribution in [2.75, 3.05) is 7.05 Å². The molecule has 0 radical (unpaired) electrons. The maximum atomic E-state index is 9.97. The van der Waals surface area contributed by atoms with Gasteiger partial charge in [0.1, 0.15) is 0 Å². The molecular weight excluding hydrogens is 94.1 g/mol. The molecule has 0 bridgehead atoms. The molecule has 0 aromatic rings. The maximum absolute atomic E-state index is 9.97. The van der Waals surface area contributed by atoms with E-state index in [9.17, 15) is 4.79 Å². The molecule has 0 aliphatic rings. The smallest absolute Gasteiger partial charge is 0.327 e. The largest absolute Gasteiger partial charge is 0.340 e. The van der Waals surface area contributed by atoms with Crippen molar-refractivity contribution in [3.63, 3.8) is 0 Å². The first kappa shape index (κ1) is 5.76. The summed E-state index contributed by atoms with van der Waals surface area (Å²) in [5.74, 6) is 0. The molecule has 0 fully saturated rings. The third kappa shape index (κ3) is 2.56. The fourth-order valence-corrected chi connectivity index (χ4v) is 0.113. The number of nitrogens with zero attached hydrogens (tertiary/aromatic N) is 1. The van der Waals surface area contributed by atoms with Gasteiger partial charge in [-0.05, 0) is 0 Å². The summed E-state index contributed by atoms with van der Waals surface area (Å²) in [6, 6.07) is -0.484. The predicted octanol–water partition coefficient (Wildman–Crippen LogP) is -0.604. The minimum atomic E-state index is -0.484. The van der Waals surface area contributed by atoms with Crippen molar-refractivity contribution in [3.8, 4) is 6.19 Å². The molecule has 0 unspecified atom stereocenters. The van der Waals surface area contributed by atoms with Crippen molar-refractivity contribution in [2.24, 2.45) is 0 Å². The average molecular weight is 99.1 g/mol. The van der Waals surface area contributed by atoms with Gasteiger partial charge in [-0.2, -0.15) is 5.26 Å². The molecule has 0 aromatic carbocycles. The normalized spacial score (nSPS) is 6.29. The van der Waals surface area contributed by atoms with Gasteiger partial charge in [0.2, 0.25) is 0 Å². The molecule has 0 heterocycles. The summed E-state index contributed by atoms with van der Waals surface area (Å²) in [6.45, 7) is 0. The van der Waals surface area contributed by atoms with E-state index in [4.69, 9.17) is 5.26 Å². The monoisotopic (exact) mass is 99.0 g/mol. The predicted molar refractivity (Wildman–Crippen MR) is 23.2 cm³/mol. The van der Waals surface area contributed by atoms with Crippen LogP contribution in [0.2, 0.25) is 0 Å². The van der Waals surface area contributed by atoms with Crippen LogP contribution in [0, 0.1) is 11.5 Å². The lowest BCUT2D eigenvalue weighted by Crippen LogP contribution is -2.28. The second-order valence-electron chi connectivity index (χ2n) is 0.816. The van der Waals surface area contributed by atoms with Gasteiger partial charge in [-0.1, -0.05) is 0 Å². The maximum Gasteiger partial charge on any atom is 0.327 e. The zero-order chi connectivity index (χ0) is 5.70. The Kier molecular flexibility index (Phi) is 2.44. The van der Waals surface area contributed by atoms with E-state index < -0.39 is 6.03 Å². The van der Waals surface area contributed by atoms with Crippen LogP contribution < -0.4 is 10.6 Å². The molecule has 2 amide bonds. The second kappa shape index (κ2) is 2.97. The van der Waals surface area contributed by atoms with Gasteiger partial charge in [-0.15, -0.1) is 0 Å². The summed E-state index contributed by atoms with van der Waals surface area (Å²) in [7, 11) is 1.44. The van der Waals surface area contributed by atoms with Crippen LogP contribution >= 0.6 is 0 Å². The zero-order valence-corrected chi connectivity index (χ0v) is 3.86. The minimum absolute atomic E-state index is 0.484. The Hall–Kier alpha value is -1.24. The van der Waals surface area contributed by atoms with Crippen LogP contribution in [0.5, 0.6) is 0 Å². The first-order chi connectivity index (χ1) is 3.31. The molecule has 0 aliphatic carbocycles. The van der Waals surface area contributed by atoms with Gasteiger partial charge in [0.25, 0.3) is 0 Å². The van der Waals surface area contributed by atoms with Gasteiger partial charge < -0.3 is 5.32 Å². The molecular formula is C3H5N3O. The van der Waals surface area contributed by atoms with Crippen molar-refractivity contribution >= 4 is 6.03 Å². The number of hydrogen-bond acceptors (Lipinski definition) is 2. The minimum Gasteiger partial charge on any atom is -0.340 e. The first-order valence-corrected chi connectivity index (χ1v) is 1.68. The Morgan fingerprint density at radius 3 is 2.57 bits per heavy atom. The van der Waals surface area contributed by atoms with E-state index in [1.807, 2.05) is 5.32 Å². The number of urea groups is 1. The van der Waals surface area contributed by atoms with Crippen LogP contribution in [0.15, 0.2) is 0 Å². The Morgan fingerprint density at radius 1 is 1.86 bits per heavy atom. The van der Waals surface area contributed by atoms with Crippen LogP contribution in [0.4, 0.5) is 4.79 Å². The highest BCUT2D eigenvalue weighted by Gasteiger charge is 1.86. The van der Waals surface area contributed by atoms with Crippen molar-refractivity contribution in [1.29, 1.82) is 5.26 Å². The number of carbonyl (C=O) groups is 1. The Bertz CT molecular complexity index is 103. The Morgan fingerprint density at radius 2 is 2.43 bits per heavy atom. The number of carbonyl (C=O) groups excluding carboxylic acids is 1. The molecule has 0 rings (SSSR count). The molecule has 2 N–H and O–H groups in total. The molecule has 0 aromatic heterocycles. The summed E-state index contributed by atoms with van der Waals surface area (Å²) in [5.41, 5.74) is 0. The summed E-state index contributed by atoms with van der Waals surface area (Å²) in [4.78, 5) is 9.97. The van der Waals surface area contributed by atoms with Gasteiger partial charge in [-0.3, -0.25) is 0 Å². The van der Waals surface area contributed by atoms with Crippen molar-refractivity contribution in [2.45, 2.75) is 0 Å². The summed E-state index contributed by atoms with van der Waals surface area (Å²) < 4.78 is 0. The first-order valence-electron chi connectivity index (χ1n) is 1.68. The third-order valence-corrected chi connectivity index (χ3v) is 0.396. The molecule has 0 aliphatic heterocycles. The molecule has 0 spiro atoms. The topological polar surface area (TPSA) is 64.9 Å². The van der Waals surface area contributed by atoms with Crippen LogP contribution in [0.1, 0.15) is 0 Å². The van der Waals surface area contributed by atoms with Gasteiger partial charge in [0, 0.05) is 7.05 Å². The average Bonchev–Trinajstić information content (AvgIpc) is 1.68. The molecule has 38 valence electrons. The molecule has 0 saturated carbocycles. The highest BCUT2D eigenvalue weighted by molar-refractivity contribution is 5.74. The van der Waals surface area contributed by atoms with E-state index in [0.717, 1.165) is 0 Å². The van der Waals surface area contributed by atoms with Crippen molar-refractivity contribution < 1.29 is 4.79 Å². The third-order valence-electron chi connectivity index (χ3n) is 0.396. The zero-order valence-electron chi connectivity index (χ0n) is 3.86. The molecule has 4 nitrogen and oxygen atoms in total. The Labute approximate surface area is 41.1 Å². The van der Waals surface area contributed by atoms with Crippen LogP contribution in [0.25, 0.3) is 0 Å². The summed E-state index contributed by atoms with van der Waals surface area (Å²) >= 11 is 0. The van der Waals surface area contributed by atoms with E-state index >= 15 is 0 Å². The lowest BCUT2D eigenvalue weighted by Gasteiger charge is -1.88. The lowest BCUT2D eigenvalue weighted by molar-refractivity contribution is 0.246. The number of nitrogens with one attached hydrogen (secondary N) is 2. The quantitative estimate of drug-likeness (QED) is 0.314. The van der Waals surface area contributed by atoms with Crippen LogP contribution in [-0.2, 0) is 0 Å². The van der Waals surface area contributed by atoms with E-state index in [2.05, 4.69) is 5.32 Å². The number of hydrogen-bond donors (Lipinski definition) is 2.